The van der Waals surface area contributed by atoms with E-state index in [1.54, 1.807) is 18.6 Å². The van der Waals surface area contributed by atoms with Crippen LogP contribution >= 0.6 is 11.3 Å². The van der Waals surface area contributed by atoms with Crippen molar-refractivity contribution in [1.82, 2.24) is 0 Å². The van der Waals surface area contributed by atoms with Crippen molar-refractivity contribution < 1.29 is 9.53 Å². The van der Waals surface area contributed by atoms with Gasteiger partial charge < -0.3 is 10.1 Å². The summed E-state index contributed by atoms with van der Waals surface area (Å²) < 4.78 is 5.19. The van der Waals surface area contributed by atoms with E-state index in [9.17, 15) is 4.79 Å². The van der Waals surface area contributed by atoms with E-state index >= 15 is 0 Å². The second-order valence-corrected chi connectivity index (χ2v) is 5.22. The number of amides is 1. The Hall–Kier alpha value is -2.32. The maximum absolute atomic E-state index is 12.0. The number of hydrogen-bond acceptors (Lipinski definition) is 4. The summed E-state index contributed by atoms with van der Waals surface area (Å²) in [6, 6.07) is 9.39. The number of ether oxygens (including phenoxy) is 1. The Kier molecular flexibility index (Phi) is 4.38. The summed E-state index contributed by atoms with van der Waals surface area (Å²) in [6.45, 7) is 1.94. The van der Waals surface area contributed by atoms with Gasteiger partial charge in [0.05, 0.1) is 19.1 Å². The number of nitriles is 1. The van der Waals surface area contributed by atoms with E-state index in [1.807, 2.05) is 31.2 Å². The summed E-state index contributed by atoms with van der Waals surface area (Å²) in [5, 5.41) is 14.0. The van der Waals surface area contributed by atoms with Crippen molar-refractivity contribution in [2.75, 3.05) is 12.4 Å². The topological polar surface area (TPSA) is 62.1 Å². The second-order valence-electron chi connectivity index (χ2n) is 4.30. The highest BCUT2D eigenvalue weighted by Gasteiger charge is 2.09. The predicted octanol–water partition coefficient (Wildman–Crippen LogP) is 3.12. The highest BCUT2D eigenvalue weighted by molar-refractivity contribution is 7.14. The van der Waals surface area contributed by atoms with Gasteiger partial charge in [0.25, 0.3) is 0 Å². The lowest BCUT2D eigenvalue weighted by molar-refractivity contribution is -0.115. The monoisotopic (exact) mass is 286 g/mol. The molecular formula is C15H14N2O2S. The van der Waals surface area contributed by atoms with E-state index in [2.05, 4.69) is 5.32 Å². The number of carbonyl (C=O) groups is 1. The normalized spacial score (nSPS) is 9.85. The van der Waals surface area contributed by atoms with Crippen molar-refractivity contribution >= 4 is 22.2 Å². The van der Waals surface area contributed by atoms with Crippen LogP contribution in [0, 0.1) is 18.3 Å². The van der Waals surface area contributed by atoms with Crippen molar-refractivity contribution in [3.8, 4) is 11.8 Å². The third kappa shape index (κ3) is 3.16. The standard InChI is InChI=1S/C15H14N2O2S/c1-10-7-11(3-4-13(10)19-2)8-14(18)17-15-12(9-16)5-6-20-15/h3-7H,8H2,1-2H3,(H,17,18). The SMILES string of the molecule is COc1ccc(CC(=O)Nc2sccc2C#N)cc1C. The van der Waals surface area contributed by atoms with E-state index in [4.69, 9.17) is 10.00 Å². The van der Waals surface area contributed by atoms with Crippen LogP contribution in [0.3, 0.4) is 0 Å². The Morgan fingerprint density at radius 2 is 2.25 bits per heavy atom. The smallest absolute Gasteiger partial charge is 0.229 e. The molecule has 5 heteroatoms. The molecule has 2 rings (SSSR count). The summed E-state index contributed by atoms with van der Waals surface area (Å²) in [5.41, 5.74) is 2.40. The third-order valence-corrected chi connectivity index (χ3v) is 3.69. The van der Waals surface area contributed by atoms with Crippen molar-refractivity contribution in [2.24, 2.45) is 0 Å². The largest absolute Gasteiger partial charge is 0.496 e. The molecule has 1 aromatic carbocycles. The first kappa shape index (κ1) is 14.1. The first-order valence-corrected chi connectivity index (χ1v) is 6.93. The van der Waals surface area contributed by atoms with Crippen LogP contribution in [-0.4, -0.2) is 13.0 Å². The number of hydrogen-bond donors (Lipinski definition) is 1. The average Bonchev–Trinajstić information content (AvgIpc) is 2.86. The number of carbonyl (C=O) groups excluding carboxylic acids is 1. The Morgan fingerprint density at radius 3 is 2.90 bits per heavy atom. The molecule has 0 spiro atoms. The molecule has 0 unspecified atom stereocenters. The minimum Gasteiger partial charge on any atom is -0.496 e. The fourth-order valence-corrected chi connectivity index (χ4v) is 2.65. The Labute approximate surface area is 121 Å². The first-order valence-electron chi connectivity index (χ1n) is 6.05. The third-order valence-electron chi connectivity index (χ3n) is 2.86. The summed E-state index contributed by atoms with van der Waals surface area (Å²) >= 11 is 1.35. The molecule has 0 aliphatic carbocycles. The summed E-state index contributed by atoms with van der Waals surface area (Å²) in [4.78, 5) is 12.0. The zero-order valence-corrected chi connectivity index (χ0v) is 12.1. The quantitative estimate of drug-likeness (QED) is 0.939. The van der Waals surface area contributed by atoms with Gasteiger partial charge in [-0.05, 0) is 35.6 Å². The molecule has 1 heterocycles. The minimum atomic E-state index is -0.131. The molecule has 0 aliphatic heterocycles. The number of anilines is 1. The van der Waals surface area contributed by atoms with E-state index in [0.717, 1.165) is 16.9 Å². The van der Waals surface area contributed by atoms with E-state index in [-0.39, 0.29) is 12.3 Å². The lowest BCUT2D eigenvalue weighted by Gasteiger charge is -2.07. The molecule has 20 heavy (non-hydrogen) atoms. The van der Waals surface area contributed by atoms with Gasteiger partial charge in [-0.3, -0.25) is 4.79 Å². The number of methoxy groups -OCH3 is 1. The van der Waals surface area contributed by atoms with Crippen LogP contribution in [-0.2, 0) is 11.2 Å². The molecule has 1 N–H and O–H groups in total. The Bertz CT molecular complexity index is 671. The van der Waals surface area contributed by atoms with E-state index in [0.29, 0.717) is 10.6 Å². The van der Waals surface area contributed by atoms with Gasteiger partial charge in [0.15, 0.2) is 0 Å². The molecule has 2 aromatic rings. The molecular weight excluding hydrogens is 272 g/mol. The van der Waals surface area contributed by atoms with Gasteiger partial charge in [0, 0.05) is 0 Å². The van der Waals surface area contributed by atoms with Gasteiger partial charge in [-0.1, -0.05) is 12.1 Å². The average molecular weight is 286 g/mol. The fraction of sp³-hybridized carbons (Fsp3) is 0.200. The van der Waals surface area contributed by atoms with Crippen molar-refractivity contribution in [3.63, 3.8) is 0 Å². The number of benzene rings is 1. The summed E-state index contributed by atoms with van der Waals surface area (Å²) in [5.74, 6) is 0.674. The van der Waals surface area contributed by atoms with Crippen molar-refractivity contribution in [2.45, 2.75) is 13.3 Å². The van der Waals surface area contributed by atoms with Crippen LogP contribution in [0.5, 0.6) is 5.75 Å². The van der Waals surface area contributed by atoms with Gasteiger partial charge in [0.1, 0.15) is 16.8 Å². The van der Waals surface area contributed by atoms with E-state index in [1.165, 1.54) is 11.3 Å². The molecule has 0 bridgehead atoms. The van der Waals surface area contributed by atoms with Gasteiger partial charge >= 0.3 is 0 Å². The van der Waals surface area contributed by atoms with Crippen LogP contribution < -0.4 is 10.1 Å². The molecule has 1 aromatic heterocycles. The minimum absolute atomic E-state index is 0.131. The predicted molar refractivity (Wildman–Crippen MR) is 79.1 cm³/mol. The molecule has 0 radical (unpaired) electrons. The highest BCUT2D eigenvalue weighted by Crippen LogP contribution is 2.23. The van der Waals surface area contributed by atoms with Crippen LogP contribution in [0.2, 0.25) is 0 Å². The van der Waals surface area contributed by atoms with Crippen LogP contribution in [0.25, 0.3) is 0 Å². The summed E-state index contributed by atoms with van der Waals surface area (Å²) in [7, 11) is 1.62. The maximum Gasteiger partial charge on any atom is 0.229 e. The second kappa shape index (κ2) is 6.22. The molecule has 1 amide bonds. The first-order chi connectivity index (χ1) is 9.63. The summed E-state index contributed by atoms with van der Waals surface area (Å²) in [6.07, 6.45) is 0.271. The number of thiophene rings is 1. The lowest BCUT2D eigenvalue weighted by atomic mass is 10.1. The lowest BCUT2D eigenvalue weighted by Crippen LogP contribution is -2.14. The van der Waals surface area contributed by atoms with Crippen molar-refractivity contribution in [1.29, 1.82) is 5.26 Å². The molecule has 0 fully saturated rings. The van der Waals surface area contributed by atoms with Gasteiger partial charge in [0.2, 0.25) is 5.91 Å². The fourth-order valence-electron chi connectivity index (χ4n) is 1.90. The molecule has 0 atom stereocenters. The number of nitrogens with zero attached hydrogens (tertiary/aromatic N) is 1. The zero-order valence-electron chi connectivity index (χ0n) is 11.3. The molecule has 4 nitrogen and oxygen atoms in total. The molecule has 0 saturated heterocycles. The molecule has 0 aliphatic rings. The number of aryl methyl sites for hydroxylation is 1. The highest BCUT2D eigenvalue weighted by atomic mass is 32.1. The Balaban J connectivity index is 2.05. The van der Waals surface area contributed by atoms with Gasteiger partial charge in [-0.25, -0.2) is 0 Å². The maximum atomic E-state index is 12.0. The molecule has 0 saturated carbocycles. The number of rotatable bonds is 4. The van der Waals surface area contributed by atoms with E-state index < -0.39 is 0 Å². The van der Waals surface area contributed by atoms with Gasteiger partial charge in [-0.15, -0.1) is 11.3 Å². The van der Waals surface area contributed by atoms with Crippen LogP contribution in [0.4, 0.5) is 5.00 Å². The van der Waals surface area contributed by atoms with Crippen LogP contribution in [0.15, 0.2) is 29.6 Å². The van der Waals surface area contributed by atoms with Crippen LogP contribution in [0.1, 0.15) is 16.7 Å². The van der Waals surface area contributed by atoms with Gasteiger partial charge in [-0.2, -0.15) is 5.26 Å². The zero-order chi connectivity index (χ0) is 14.5. The molecule has 102 valence electrons. The number of nitrogens with one attached hydrogen (secondary N) is 1. The Morgan fingerprint density at radius 1 is 1.45 bits per heavy atom. The van der Waals surface area contributed by atoms with Crippen molar-refractivity contribution in [3.05, 3.63) is 46.3 Å².